The number of methoxy groups -OCH3 is 1. The summed E-state index contributed by atoms with van der Waals surface area (Å²) in [5.74, 6) is -1.79. The molecule has 0 unspecified atom stereocenters. The summed E-state index contributed by atoms with van der Waals surface area (Å²) >= 11 is 0. The third-order valence-corrected chi connectivity index (χ3v) is 5.84. The SMILES string of the molecule is COCCN1C(=O)[C@@H]2[C@@H](C(=O)Nc3cc(C)on3)[C@@H]3C=C[C@@]2(O3)[C@H]1C(=O)NC(C)(C)C. The van der Waals surface area contributed by atoms with E-state index in [0.717, 1.165) is 0 Å². The van der Waals surface area contributed by atoms with Crippen LogP contribution in [-0.2, 0) is 23.9 Å². The lowest BCUT2D eigenvalue weighted by Crippen LogP contribution is -2.58. The average Bonchev–Trinajstić information content (AvgIpc) is 3.39. The molecule has 3 aliphatic rings. The van der Waals surface area contributed by atoms with Crippen molar-refractivity contribution in [3.05, 3.63) is 24.0 Å². The molecule has 3 aliphatic heterocycles. The van der Waals surface area contributed by atoms with Gasteiger partial charge in [-0.15, -0.1) is 0 Å². The van der Waals surface area contributed by atoms with Gasteiger partial charge in [0.25, 0.3) is 0 Å². The summed E-state index contributed by atoms with van der Waals surface area (Å²) < 4.78 is 16.4. The summed E-state index contributed by atoms with van der Waals surface area (Å²) in [5, 5.41) is 9.45. The number of nitrogens with zero attached hydrogens (tertiary/aromatic N) is 2. The maximum atomic E-state index is 13.5. The number of anilines is 1. The van der Waals surface area contributed by atoms with Crippen LogP contribution >= 0.6 is 0 Å². The van der Waals surface area contributed by atoms with Gasteiger partial charge in [-0.05, 0) is 27.7 Å². The summed E-state index contributed by atoms with van der Waals surface area (Å²) in [6, 6.07) is 0.700. The molecule has 1 aromatic heterocycles. The normalized spacial score (nSPS) is 31.3. The molecule has 5 atom stereocenters. The van der Waals surface area contributed by atoms with Crippen LogP contribution in [0.2, 0.25) is 0 Å². The minimum atomic E-state index is -1.20. The zero-order valence-electron chi connectivity index (χ0n) is 18.3. The van der Waals surface area contributed by atoms with Gasteiger partial charge in [0.2, 0.25) is 17.7 Å². The molecule has 4 rings (SSSR count). The van der Waals surface area contributed by atoms with Crippen molar-refractivity contribution in [1.29, 1.82) is 0 Å². The molecule has 2 bridgehead atoms. The number of likely N-dealkylation sites (tertiary alicyclic amines) is 1. The summed E-state index contributed by atoms with van der Waals surface area (Å²) in [7, 11) is 1.53. The molecule has 0 aliphatic carbocycles. The van der Waals surface area contributed by atoms with Crippen molar-refractivity contribution < 1.29 is 28.4 Å². The number of hydrogen-bond acceptors (Lipinski definition) is 7. The molecular weight excluding hydrogens is 404 g/mol. The second-order valence-electron chi connectivity index (χ2n) is 9.28. The van der Waals surface area contributed by atoms with Crippen LogP contribution in [0.4, 0.5) is 5.82 Å². The zero-order chi connectivity index (χ0) is 22.6. The first-order valence-electron chi connectivity index (χ1n) is 10.3. The van der Waals surface area contributed by atoms with E-state index in [4.69, 9.17) is 14.0 Å². The number of ether oxygens (including phenoxy) is 2. The highest BCUT2D eigenvalue weighted by Crippen LogP contribution is 2.55. The van der Waals surface area contributed by atoms with Gasteiger partial charge >= 0.3 is 0 Å². The Hall–Kier alpha value is -2.72. The van der Waals surface area contributed by atoms with Gasteiger partial charge in [-0.25, -0.2) is 0 Å². The van der Waals surface area contributed by atoms with Gasteiger partial charge in [-0.3, -0.25) is 14.4 Å². The standard InChI is InChI=1S/C21H28N4O6/c1-11-10-13(24-31-11)22-17(26)14-12-6-7-21(30-12)15(14)19(28)25(8-9-29-5)16(21)18(27)23-20(2,3)4/h6-7,10,12,14-16H,8-9H2,1-5H3,(H,23,27)(H,22,24,26)/t12-,14-,15-,16+,21-/m0/s1. The molecule has 2 saturated heterocycles. The Balaban J connectivity index is 1.66. The van der Waals surface area contributed by atoms with Crippen molar-refractivity contribution in [3.63, 3.8) is 0 Å². The van der Waals surface area contributed by atoms with Gasteiger partial charge in [-0.2, -0.15) is 0 Å². The number of carbonyl (C=O) groups is 3. The van der Waals surface area contributed by atoms with Crippen LogP contribution in [0.3, 0.4) is 0 Å². The molecule has 168 valence electrons. The largest absolute Gasteiger partial charge is 0.383 e. The van der Waals surface area contributed by atoms with E-state index in [1.807, 2.05) is 20.8 Å². The number of rotatable bonds is 6. The van der Waals surface area contributed by atoms with Crippen LogP contribution in [-0.4, -0.2) is 71.3 Å². The van der Waals surface area contributed by atoms with Gasteiger partial charge in [-0.1, -0.05) is 17.3 Å². The fourth-order valence-electron chi connectivity index (χ4n) is 4.77. The van der Waals surface area contributed by atoms with Crippen molar-refractivity contribution >= 4 is 23.5 Å². The lowest BCUT2D eigenvalue weighted by Gasteiger charge is -2.34. The highest BCUT2D eigenvalue weighted by molar-refractivity contribution is 6.02. The summed E-state index contributed by atoms with van der Waals surface area (Å²) in [6.07, 6.45) is 2.93. The van der Waals surface area contributed by atoms with Crippen LogP contribution in [0.1, 0.15) is 26.5 Å². The Morgan fingerprint density at radius 3 is 2.68 bits per heavy atom. The van der Waals surface area contributed by atoms with E-state index < -0.39 is 41.0 Å². The molecule has 2 fully saturated rings. The molecular formula is C21H28N4O6. The molecule has 1 spiro atoms. The van der Waals surface area contributed by atoms with Crippen LogP contribution in [0.25, 0.3) is 0 Å². The number of amides is 3. The van der Waals surface area contributed by atoms with E-state index in [1.165, 1.54) is 12.0 Å². The third-order valence-electron chi connectivity index (χ3n) is 5.84. The van der Waals surface area contributed by atoms with E-state index in [2.05, 4.69) is 15.8 Å². The Morgan fingerprint density at radius 2 is 2.06 bits per heavy atom. The highest BCUT2D eigenvalue weighted by Gasteiger charge is 2.72. The minimum absolute atomic E-state index is 0.217. The first-order valence-corrected chi connectivity index (χ1v) is 10.3. The van der Waals surface area contributed by atoms with Crippen molar-refractivity contribution in [2.75, 3.05) is 25.6 Å². The minimum Gasteiger partial charge on any atom is -0.383 e. The van der Waals surface area contributed by atoms with Crippen LogP contribution < -0.4 is 10.6 Å². The molecule has 3 amide bonds. The molecule has 31 heavy (non-hydrogen) atoms. The molecule has 10 nitrogen and oxygen atoms in total. The lowest BCUT2D eigenvalue weighted by atomic mass is 9.74. The fourth-order valence-corrected chi connectivity index (χ4v) is 4.77. The van der Waals surface area contributed by atoms with Crippen molar-refractivity contribution in [2.45, 2.75) is 51.0 Å². The van der Waals surface area contributed by atoms with Crippen LogP contribution in [0.5, 0.6) is 0 Å². The first kappa shape index (κ1) is 21.5. The van der Waals surface area contributed by atoms with Crippen LogP contribution in [0, 0.1) is 18.8 Å². The Morgan fingerprint density at radius 1 is 1.32 bits per heavy atom. The quantitative estimate of drug-likeness (QED) is 0.632. The van der Waals surface area contributed by atoms with Gasteiger partial charge in [0.1, 0.15) is 17.4 Å². The van der Waals surface area contributed by atoms with E-state index >= 15 is 0 Å². The number of aryl methyl sites for hydroxylation is 1. The van der Waals surface area contributed by atoms with E-state index in [1.54, 1.807) is 25.1 Å². The van der Waals surface area contributed by atoms with Gasteiger partial charge < -0.3 is 29.5 Å². The summed E-state index contributed by atoms with van der Waals surface area (Å²) in [5.41, 5.74) is -1.70. The van der Waals surface area contributed by atoms with Gasteiger partial charge in [0.15, 0.2) is 5.82 Å². The highest BCUT2D eigenvalue weighted by atomic mass is 16.5. The smallest absolute Gasteiger partial charge is 0.246 e. The maximum absolute atomic E-state index is 13.5. The molecule has 1 aromatic rings. The number of aromatic nitrogens is 1. The molecule has 4 heterocycles. The molecule has 0 saturated carbocycles. The summed E-state index contributed by atoms with van der Waals surface area (Å²) in [6.45, 7) is 7.80. The van der Waals surface area contributed by atoms with Crippen LogP contribution in [0.15, 0.2) is 22.7 Å². The van der Waals surface area contributed by atoms with E-state index in [0.29, 0.717) is 5.76 Å². The third kappa shape index (κ3) is 3.53. The number of fused-ring (bicyclic) bond motifs is 1. The number of carbonyl (C=O) groups excluding carboxylic acids is 3. The number of nitrogens with one attached hydrogen (secondary N) is 2. The topological polar surface area (TPSA) is 123 Å². The van der Waals surface area contributed by atoms with Crippen molar-refractivity contribution in [2.24, 2.45) is 11.8 Å². The van der Waals surface area contributed by atoms with Gasteiger partial charge in [0, 0.05) is 25.3 Å². The van der Waals surface area contributed by atoms with Crippen molar-refractivity contribution in [1.82, 2.24) is 15.4 Å². The monoisotopic (exact) mass is 432 g/mol. The number of hydrogen-bond donors (Lipinski definition) is 2. The van der Waals surface area contributed by atoms with Crippen molar-refractivity contribution in [3.8, 4) is 0 Å². The Labute approximate surface area is 180 Å². The predicted octanol–water partition coefficient (Wildman–Crippen LogP) is 0.633. The molecule has 10 heteroatoms. The Bertz CT molecular complexity index is 935. The molecule has 0 aromatic carbocycles. The molecule has 2 N–H and O–H groups in total. The van der Waals surface area contributed by atoms with E-state index in [9.17, 15) is 14.4 Å². The second-order valence-corrected chi connectivity index (χ2v) is 9.28. The van der Waals surface area contributed by atoms with E-state index in [-0.39, 0.29) is 30.8 Å². The Kier molecular flexibility index (Phi) is 5.17. The summed E-state index contributed by atoms with van der Waals surface area (Å²) in [4.78, 5) is 41.4. The first-order chi connectivity index (χ1) is 14.6. The lowest BCUT2D eigenvalue weighted by molar-refractivity contribution is -0.142. The maximum Gasteiger partial charge on any atom is 0.246 e. The zero-order valence-corrected chi connectivity index (χ0v) is 18.3. The second kappa shape index (κ2) is 7.45. The molecule has 0 radical (unpaired) electrons. The predicted molar refractivity (Wildman–Crippen MR) is 109 cm³/mol. The fraction of sp³-hybridized carbons (Fsp3) is 0.619. The average molecular weight is 432 g/mol. The van der Waals surface area contributed by atoms with Gasteiger partial charge in [0.05, 0.1) is 24.5 Å².